The molecule has 0 spiro atoms. The first kappa shape index (κ1) is 14.5. The van der Waals surface area contributed by atoms with Crippen molar-refractivity contribution in [3.63, 3.8) is 0 Å². The molecule has 3 heterocycles. The van der Waals surface area contributed by atoms with E-state index in [0.29, 0.717) is 11.4 Å². The Morgan fingerprint density at radius 2 is 2.00 bits per heavy atom. The van der Waals surface area contributed by atoms with E-state index in [1.807, 2.05) is 19.1 Å². The first-order valence-electron chi connectivity index (χ1n) is 7.59. The van der Waals surface area contributed by atoms with Crippen LogP contribution in [0.5, 0.6) is 5.88 Å². The number of piperidine rings is 1. The molecule has 3 rings (SSSR count). The van der Waals surface area contributed by atoms with Crippen molar-refractivity contribution in [2.45, 2.75) is 26.2 Å². The van der Waals surface area contributed by atoms with Crippen molar-refractivity contribution < 1.29 is 9.53 Å². The molecule has 114 valence electrons. The summed E-state index contributed by atoms with van der Waals surface area (Å²) in [7, 11) is 0. The molecule has 2 aromatic heterocycles. The van der Waals surface area contributed by atoms with E-state index in [9.17, 15) is 4.79 Å². The molecule has 0 aromatic carbocycles. The van der Waals surface area contributed by atoms with Crippen LogP contribution >= 0.6 is 0 Å². The van der Waals surface area contributed by atoms with Gasteiger partial charge < -0.3 is 9.64 Å². The predicted molar refractivity (Wildman–Crippen MR) is 84.2 cm³/mol. The number of aryl methyl sites for hydroxylation is 1. The number of anilines is 1. The van der Waals surface area contributed by atoms with Crippen LogP contribution in [0.4, 0.5) is 5.82 Å². The van der Waals surface area contributed by atoms with Gasteiger partial charge in [-0.05, 0) is 44.4 Å². The molecule has 0 atom stereocenters. The third-order valence-corrected chi connectivity index (χ3v) is 3.72. The summed E-state index contributed by atoms with van der Waals surface area (Å²) >= 11 is 0. The van der Waals surface area contributed by atoms with Gasteiger partial charge in [0, 0.05) is 31.0 Å². The Labute approximate surface area is 130 Å². The smallest absolute Gasteiger partial charge is 0.345 e. The number of ether oxygens (including phenoxy) is 1. The molecule has 0 saturated carbocycles. The van der Waals surface area contributed by atoms with Crippen LogP contribution in [0.15, 0.2) is 36.5 Å². The van der Waals surface area contributed by atoms with E-state index < -0.39 is 5.97 Å². The van der Waals surface area contributed by atoms with Gasteiger partial charge in [-0.15, -0.1) is 0 Å². The maximum Gasteiger partial charge on any atom is 0.345 e. The van der Waals surface area contributed by atoms with E-state index >= 15 is 0 Å². The molecule has 1 aliphatic heterocycles. The Morgan fingerprint density at radius 1 is 1.18 bits per heavy atom. The summed E-state index contributed by atoms with van der Waals surface area (Å²) in [5.41, 5.74) is 1.31. The number of pyridine rings is 2. The van der Waals surface area contributed by atoms with Crippen LogP contribution in [-0.4, -0.2) is 29.0 Å². The highest BCUT2D eigenvalue weighted by Crippen LogP contribution is 2.19. The summed E-state index contributed by atoms with van der Waals surface area (Å²) in [6.07, 6.45) is 5.26. The standard InChI is InChI=1S/C17H19N3O2/c1-13-6-5-7-16(19-13)22-17(21)14-8-9-18-15(12-14)20-10-3-2-4-11-20/h5-9,12H,2-4,10-11H2,1H3. The average Bonchev–Trinajstić information content (AvgIpc) is 2.56. The van der Waals surface area contributed by atoms with Crippen LogP contribution in [0, 0.1) is 6.92 Å². The molecular weight excluding hydrogens is 278 g/mol. The van der Waals surface area contributed by atoms with Crippen LogP contribution in [0.3, 0.4) is 0 Å². The maximum absolute atomic E-state index is 12.3. The van der Waals surface area contributed by atoms with E-state index in [-0.39, 0.29) is 0 Å². The molecule has 0 aliphatic carbocycles. The second kappa shape index (κ2) is 6.56. The number of carbonyl (C=O) groups is 1. The van der Waals surface area contributed by atoms with Crippen molar-refractivity contribution in [1.29, 1.82) is 0 Å². The van der Waals surface area contributed by atoms with E-state index in [4.69, 9.17) is 4.74 Å². The number of rotatable bonds is 3. The molecule has 5 nitrogen and oxygen atoms in total. The Hall–Kier alpha value is -2.43. The second-order valence-electron chi connectivity index (χ2n) is 5.46. The van der Waals surface area contributed by atoms with Crippen molar-refractivity contribution in [2.24, 2.45) is 0 Å². The fourth-order valence-electron chi connectivity index (χ4n) is 2.57. The SMILES string of the molecule is Cc1cccc(OC(=O)c2ccnc(N3CCCCC3)c2)n1. The summed E-state index contributed by atoms with van der Waals surface area (Å²) < 4.78 is 5.33. The Balaban J connectivity index is 1.75. The second-order valence-corrected chi connectivity index (χ2v) is 5.46. The maximum atomic E-state index is 12.3. The minimum absolute atomic E-state index is 0.321. The summed E-state index contributed by atoms with van der Waals surface area (Å²) in [5.74, 6) is 0.756. The highest BCUT2D eigenvalue weighted by molar-refractivity contribution is 5.91. The lowest BCUT2D eigenvalue weighted by Gasteiger charge is -2.27. The zero-order chi connectivity index (χ0) is 15.4. The molecule has 2 aromatic rings. The molecule has 0 N–H and O–H groups in total. The molecule has 0 bridgehead atoms. The molecule has 5 heteroatoms. The van der Waals surface area contributed by atoms with Crippen LogP contribution in [0.1, 0.15) is 35.3 Å². The zero-order valence-electron chi connectivity index (χ0n) is 12.7. The van der Waals surface area contributed by atoms with Gasteiger partial charge in [0.25, 0.3) is 0 Å². The van der Waals surface area contributed by atoms with Gasteiger partial charge in [0.1, 0.15) is 5.82 Å². The number of hydrogen-bond donors (Lipinski definition) is 0. The lowest BCUT2D eigenvalue weighted by molar-refractivity contribution is 0.0727. The summed E-state index contributed by atoms with van der Waals surface area (Å²) in [6, 6.07) is 8.82. The lowest BCUT2D eigenvalue weighted by Crippen LogP contribution is -2.30. The molecule has 0 radical (unpaired) electrons. The van der Waals surface area contributed by atoms with Crippen molar-refractivity contribution in [2.75, 3.05) is 18.0 Å². The quantitative estimate of drug-likeness (QED) is 0.815. The van der Waals surface area contributed by atoms with Gasteiger partial charge >= 0.3 is 5.97 Å². The first-order valence-corrected chi connectivity index (χ1v) is 7.59. The topological polar surface area (TPSA) is 55.3 Å². The highest BCUT2D eigenvalue weighted by atomic mass is 16.5. The van der Waals surface area contributed by atoms with Crippen LogP contribution in [0.2, 0.25) is 0 Å². The van der Waals surface area contributed by atoms with Gasteiger partial charge in [-0.3, -0.25) is 0 Å². The van der Waals surface area contributed by atoms with E-state index in [0.717, 1.165) is 24.6 Å². The van der Waals surface area contributed by atoms with Crippen LogP contribution < -0.4 is 9.64 Å². The first-order chi connectivity index (χ1) is 10.7. The molecular formula is C17H19N3O2. The van der Waals surface area contributed by atoms with E-state index in [1.165, 1.54) is 19.3 Å². The minimum atomic E-state index is -0.404. The monoisotopic (exact) mass is 297 g/mol. The van der Waals surface area contributed by atoms with Crippen LogP contribution in [-0.2, 0) is 0 Å². The average molecular weight is 297 g/mol. The number of nitrogens with zero attached hydrogens (tertiary/aromatic N) is 3. The van der Waals surface area contributed by atoms with Crippen molar-refractivity contribution in [3.05, 3.63) is 47.8 Å². The highest BCUT2D eigenvalue weighted by Gasteiger charge is 2.15. The Kier molecular flexibility index (Phi) is 4.32. The van der Waals surface area contributed by atoms with Gasteiger partial charge in [-0.2, -0.15) is 0 Å². The summed E-state index contributed by atoms with van der Waals surface area (Å²) in [6.45, 7) is 3.84. The minimum Gasteiger partial charge on any atom is -0.404 e. The van der Waals surface area contributed by atoms with Gasteiger partial charge in [0.15, 0.2) is 0 Å². The molecule has 22 heavy (non-hydrogen) atoms. The Morgan fingerprint density at radius 3 is 2.77 bits per heavy atom. The number of aromatic nitrogens is 2. The predicted octanol–water partition coefficient (Wildman–Crippen LogP) is 2.99. The van der Waals surface area contributed by atoms with Gasteiger partial charge in [0.05, 0.1) is 5.56 Å². The van der Waals surface area contributed by atoms with E-state index in [2.05, 4.69) is 14.9 Å². The molecule has 0 unspecified atom stereocenters. The summed E-state index contributed by atoms with van der Waals surface area (Å²) in [4.78, 5) is 23.0. The molecule has 1 aliphatic rings. The third kappa shape index (κ3) is 3.42. The van der Waals surface area contributed by atoms with Crippen molar-refractivity contribution in [1.82, 2.24) is 9.97 Å². The Bertz CT molecular complexity index is 666. The number of esters is 1. The molecule has 1 saturated heterocycles. The van der Waals surface area contributed by atoms with Crippen molar-refractivity contribution >= 4 is 11.8 Å². The van der Waals surface area contributed by atoms with E-state index in [1.54, 1.807) is 24.4 Å². The fourth-order valence-corrected chi connectivity index (χ4v) is 2.57. The fraction of sp³-hybridized carbons (Fsp3) is 0.353. The van der Waals surface area contributed by atoms with Gasteiger partial charge in [-0.25, -0.2) is 14.8 Å². The molecule has 0 amide bonds. The summed E-state index contributed by atoms with van der Waals surface area (Å²) in [5, 5.41) is 0. The molecule has 1 fully saturated rings. The van der Waals surface area contributed by atoms with Gasteiger partial charge in [-0.1, -0.05) is 6.07 Å². The van der Waals surface area contributed by atoms with Gasteiger partial charge in [0.2, 0.25) is 5.88 Å². The normalized spacial score (nSPS) is 14.7. The lowest BCUT2D eigenvalue weighted by atomic mass is 10.1. The largest absolute Gasteiger partial charge is 0.404 e. The third-order valence-electron chi connectivity index (χ3n) is 3.72. The van der Waals surface area contributed by atoms with Crippen molar-refractivity contribution in [3.8, 4) is 5.88 Å². The zero-order valence-corrected chi connectivity index (χ0v) is 12.7. The number of hydrogen-bond acceptors (Lipinski definition) is 5. The number of carbonyl (C=O) groups excluding carboxylic acids is 1. The van der Waals surface area contributed by atoms with Crippen LogP contribution in [0.25, 0.3) is 0 Å².